The zero-order chi connectivity index (χ0) is 16.4. The molecule has 3 heteroatoms. The summed E-state index contributed by atoms with van der Waals surface area (Å²) in [5.74, 6) is 0. The fourth-order valence-corrected chi connectivity index (χ4v) is 4.76. The van der Waals surface area contributed by atoms with Gasteiger partial charge in [0.2, 0.25) is 11.2 Å². The molecule has 0 N–H and O–H groups in total. The van der Waals surface area contributed by atoms with Gasteiger partial charge in [0.1, 0.15) is 18.8 Å². The SMILES string of the molecule is CC1=[N+](C)c2ccc(-c3sc4ccccc4[n+]3C)cc2C1(C)C. The van der Waals surface area contributed by atoms with Crippen molar-refractivity contribution in [1.29, 1.82) is 0 Å². The second-order valence-corrected chi connectivity index (χ2v) is 7.97. The lowest BCUT2D eigenvalue weighted by molar-refractivity contribution is -0.629. The fourth-order valence-electron chi connectivity index (χ4n) is 3.61. The zero-order valence-corrected chi connectivity index (χ0v) is 15.2. The highest BCUT2D eigenvalue weighted by atomic mass is 32.1. The van der Waals surface area contributed by atoms with Crippen LogP contribution < -0.4 is 4.57 Å². The molecule has 23 heavy (non-hydrogen) atoms. The van der Waals surface area contributed by atoms with Crippen molar-refractivity contribution in [2.24, 2.45) is 7.05 Å². The lowest BCUT2D eigenvalue weighted by Crippen LogP contribution is -2.28. The quantitative estimate of drug-likeness (QED) is 0.586. The third-order valence-electron chi connectivity index (χ3n) is 5.42. The monoisotopic (exact) mass is 322 g/mol. The number of rotatable bonds is 1. The molecule has 4 rings (SSSR count). The lowest BCUT2D eigenvalue weighted by Gasteiger charge is -2.15. The molecule has 0 atom stereocenters. The maximum absolute atomic E-state index is 2.38. The van der Waals surface area contributed by atoms with E-state index in [4.69, 9.17) is 0 Å². The number of hydrogen-bond acceptors (Lipinski definition) is 1. The number of benzene rings is 2. The maximum Gasteiger partial charge on any atom is 0.269 e. The van der Waals surface area contributed by atoms with E-state index in [1.165, 1.54) is 37.8 Å². The van der Waals surface area contributed by atoms with E-state index in [2.05, 4.69) is 86.5 Å². The Balaban J connectivity index is 1.93. The van der Waals surface area contributed by atoms with E-state index >= 15 is 0 Å². The van der Waals surface area contributed by atoms with Gasteiger partial charge in [-0.15, -0.1) is 0 Å². The second kappa shape index (κ2) is 4.75. The van der Waals surface area contributed by atoms with Crippen LogP contribution in [0.4, 0.5) is 5.69 Å². The number of hydrogen-bond donors (Lipinski definition) is 0. The van der Waals surface area contributed by atoms with Gasteiger partial charge in [0.25, 0.3) is 5.01 Å². The van der Waals surface area contributed by atoms with Crippen LogP contribution >= 0.6 is 11.3 Å². The highest BCUT2D eigenvalue weighted by Gasteiger charge is 2.42. The summed E-state index contributed by atoms with van der Waals surface area (Å²) in [6.45, 7) is 6.87. The zero-order valence-electron chi connectivity index (χ0n) is 14.3. The van der Waals surface area contributed by atoms with Crippen LogP contribution in [0, 0.1) is 0 Å². The van der Waals surface area contributed by atoms with Gasteiger partial charge in [0, 0.05) is 24.6 Å². The highest BCUT2D eigenvalue weighted by molar-refractivity contribution is 7.21. The van der Waals surface area contributed by atoms with Crippen LogP contribution in [0.15, 0.2) is 42.5 Å². The van der Waals surface area contributed by atoms with Crippen molar-refractivity contribution in [3.8, 4) is 10.6 Å². The van der Waals surface area contributed by atoms with Gasteiger partial charge in [0.05, 0.1) is 11.0 Å². The summed E-state index contributed by atoms with van der Waals surface area (Å²) in [6.07, 6.45) is 0. The average Bonchev–Trinajstić information content (AvgIpc) is 2.97. The Morgan fingerprint density at radius 2 is 1.74 bits per heavy atom. The molecule has 2 aromatic carbocycles. The number of aryl methyl sites for hydroxylation is 1. The van der Waals surface area contributed by atoms with E-state index in [-0.39, 0.29) is 5.41 Å². The van der Waals surface area contributed by atoms with Crippen LogP contribution in [0.1, 0.15) is 26.3 Å². The van der Waals surface area contributed by atoms with Gasteiger partial charge in [-0.1, -0.05) is 23.5 Å². The minimum absolute atomic E-state index is 0.0926. The fraction of sp³-hybridized carbons (Fsp3) is 0.300. The summed E-state index contributed by atoms with van der Waals surface area (Å²) in [6, 6.07) is 15.5. The van der Waals surface area contributed by atoms with Crippen LogP contribution in [0.25, 0.3) is 20.8 Å². The number of para-hydroxylation sites is 1. The Hall–Kier alpha value is -2.00. The summed E-state index contributed by atoms with van der Waals surface area (Å²) in [5.41, 5.74) is 6.86. The van der Waals surface area contributed by atoms with E-state index in [1.54, 1.807) is 0 Å². The minimum atomic E-state index is 0.0926. The van der Waals surface area contributed by atoms with E-state index in [9.17, 15) is 0 Å². The van der Waals surface area contributed by atoms with Crippen LogP contribution in [0.5, 0.6) is 0 Å². The molecule has 0 spiro atoms. The molecule has 0 fully saturated rings. The molecule has 1 aliphatic heterocycles. The van der Waals surface area contributed by atoms with E-state index in [0.717, 1.165) is 0 Å². The number of fused-ring (bicyclic) bond motifs is 2. The predicted octanol–water partition coefficient (Wildman–Crippen LogP) is 4.42. The molecule has 2 nitrogen and oxygen atoms in total. The molecule has 116 valence electrons. The molecule has 0 bridgehead atoms. The maximum atomic E-state index is 2.38. The van der Waals surface area contributed by atoms with E-state index in [1.807, 2.05) is 11.3 Å². The van der Waals surface area contributed by atoms with Crippen LogP contribution in [0.2, 0.25) is 0 Å². The molecule has 0 saturated carbocycles. The molecule has 0 amide bonds. The van der Waals surface area contributed by atoms with Crippen LogP contribution in [-0.4, -0.2) is 17.3 Å². The first-order valence-corrected chi connectivity index (χ1v) is 8.83. The summed E-state index contributed by atoms with van der Waals surface area (Å²) < 4.78 is 5.97. The molecule has 2 heterocycles. The predicted molar refractivity (Wildman–Crippen MR) is 98.0 cm³/mol. The molecule has 1 aliphatic rings. The smallest absolute Gasteiger partial charge is 0.202 e. The largest absolute Gasteiger partial charge is 0.269 e. The minimum Gasteiger partial charge on any atom is -0.202 e. The van der Waals surface area contributed by atoms with Crippen LogP contribution in [-0.2, 0) is 12.5 Å². The first-order chi connectivity index (χ1) is 10.9. The highest BCUT2D eigenvalue weighted by Crippen LogP contribution is 2.41. The Bertz CT molecular complexity index is 976. The molecule has 0 aliphatic carbocycles. The molecule has 0 saturated heterocycles. The molecule has 0 radical (unpaired) electrons. The normalized spacial score (nSPS) is 16.2. The molecule has 0 unspecified atom stereocenters. The Labute approximate surface area is 141 Å². The van der Waals surface area contributed by atoms with Gasteiger partial charge in [-0.3, -0.25) is 0 Å². The summed E-state index contributed by atoms with van der Waals surface area (Å²) in [4.78, 5) is 0. The van der Waals surface area contributed by atoms with E-state index in [0.29, 0.717) is 0 Å². The summed E-state index contributed by atoms with van der Waals surface area (Å²) in [5, 5.41) is 1.32. The van der Waals surface area contributed by atoms with Crippen molar-refractivity contribution in [3.05, 3.63) is 48.0 Å². The van der Waals surface area contributed by atoms with E-state index < -0.39 is 0 Å². The standard InChI is InChI=1S/C20H22N2S/c1-13-20(2,3)15-12-14(10-11-16(15)21(13)4)19-22(5)17-8-6-7-9-18(17)23-19/h6-12H,1-5H3/q+2. The summed E-state index contributed by atoms with van der Waals surface area (Å²) >= 11 is 1.87. The summed E-state index contributed by atoms with van der Waals surface area (Å²) in [7, 11) is 4.33. The second-order valence-electron chi connectivity index (χ2n) is 6.94. The van der Waals surface area contributed by atoms with Crippen molar-refractivity contribution < 1.29 is 9.14 Å². The van der Waals surface area contributed by atoms with Gasteiger partial charge in [-0.25, -0.2) is 4.58 Å². The molecular weight excluding hydrogens is 300 g/mol. The molecular formula is C20H22N2S+2. The Morgan fingerprint density at radius 3 is 2.48 bits per heavy atom. The van der Waals surface area contributed by atoms with Gasteiger partial charge in [0.15, 0.2) is 5.71 Å². The average molecular weight is 322 g/mol. The lowest BCUT2D eigenvalue weighted by atomic mass is 9.81. The van der Waals surface area contributed by atoms with Crippen LogP contribution in [0.3, 0.4) is 0 Å². The third-order valence-corrected chi connectivity index (χ3v) is 6.69. The third kappa shape index (κ3) is 1.93. The van der Waals surface area contributed by atoms with Gasteiger partial charge >= 0.3 is 0 Å². The Kier molecular flexibility index (Phi) is 3.01. The van der Waals surface area contributed by atoms with Gasteiger partial charge in [-0.05, 0) is 32.0 Å². The van der Waals surface area contributed by atoms with Crippen molar-refractivity contribution in [1.82, 2.24) is 0 Å². The van der Waals surface area contributed by atoms with Crippen molar-refractivity contribution >= 4 is 33.0 Å². The Morgan fingerprint density at radius 1 is 1.00 bits per heavy atom. The number of nitrogens with zero attached hydrogens (tertiary/aromatic N) is 2. The first-order valence-electron chi connectivity index (χ1n) is 8.01. The number of thiazole rings is 1. The first kappa shape index (κ1) is 14.6. The van der Waals surface area contributed by atoms with Gasteiger partial charge in [-0.2, -0.15) is 4.57 Å². The molecule has 1 aromatic heterocycles. The van der Waals surface area contributed by atoms with Crippen molar-refractivity contribution in [2.75, 3.05) is 7.05 Å². The number of aromatic nitrogens is 1. The molecule has 3 aromatic rings. The van der Waals surface area contributed by atoms with Crippen molar-refractivity contribution in [3.63, 3.8) is 0 Å². The van der Waals surface area contributed by atoms with Gasteiger partial charge < -0.3 is 0 Å². The topological polar surface area (TPSA) is 6.89 Å². The van der Waals surface area contributed by atoms with Crippen molar-refractivity contribution in [2.45, 2.75) is 26.2 Å².